The van der Waals surface area contributed by atoms with E-state index in [0.717, 1.165) is 0 Å². The number of carbonyl (C=O) groups excluding carboxylic acids is 2. The summed E-state index contributed by atoms with van der Waals surface area (Å²) in [6, 6.07) is 7.08. The lowest BCUT2D eigenvalue weighted by Crippen LogP contribution is -1.86. The lowest BCUT2D eigenvalue weighted by Gasteiger charge is -1.86. The molecule has 0 aromatic heterocycles. The maximum Gasteiger partial charge on any atom is 0.383 e. The van der Waals surface area contributed by atoms with Crippen molar-refractivity contribution < 1.29 is 18.0 Å². The first-order chi connectivity index (χ1) is 7.91. The Hall–Kier alpha value is -1.49. The van der Waals surface area contributed by atoms with Gasteiger partial charge in [-0.15, -0.1) is 0 Å². The van der Waals surface area contributed by atoms with Gasteiger partial charge in [0.25, 0.3) is 12.2 Å². The van der Waals surface area contributed by atoms with E-state index in [1.807, 2.05) is 6.07 Å². The van der Waals surface area contributed by atoms with Crippen molar-refractivity contribution in [1.29, 1.82) is 0 Å². The number of rotatable bonds is 2. The number of halogens is 2. The van der Waals surface area contributed by atoms with Crippen LogP contribution in [-0.4, -0.2) is 20.6 Å². The van der Waals surface area contributed by atoms with Crippen molar-refractivity contribution in [3.8, 4) is 0 Å². The van der Waals surface area contributed by atoms with Crippen molar-refractivity contribution in [2.45, 2.75) is 0 Å². The predicted molar refractivity (Wildman–Crippen MR) is 61.6 cm³/mol. The summed E-state index contributed by atoms with van der Waals surface area (Å²) in [5.41, 5.74) is 0. The van der Waals surface area contributed by atoms with Crippen molar-refractivity contribution in [3.05, 3.63) is 34.3 Å². The Bertz CT molecular complexity index is 534. The highest BCUT2D eigenvalue weighted by molar-refractivity contribution is 7.89. The molecule has 1 aromatic carbocycles. The second kappa shape index (κ2) is 7.73. The van der Waals surface area contributed by atoms with E-state index in [2.05, 4.69) is 8.80 Å². The minimum atomic E-state index is -4.28. The smallest absolute Gasteiger partial charge is 0.210 e. The molecule has 0 spiro atoms. The molecule has 0 aliphatic carbocycles. The monoisotopic (exact) mass is 294 g/mol. The van der Waals surface area contributed by atoms with Gasteiger partial charge in [-0.3, -0.25) is 0 Å². The molecule has 0 N–H and O–H groups in total. The van der Waals surface area contributed by atoms with Crippen molar-refractivity contribution in [1.82, 2.24) is 0 Å². The van der Waals surface area contributed by atoms with Crippen LogP contribution in [-0.2, 0) is 19.8 Å². The normalized spacial score (nSPS) is 9.06. The summed E-state index contributed by atoms with van der Waals surface area (Å²) < 4.78 is 24.3. The van der Waals surface area contributed by atoms with E-state index in [1.54, 1.807) is 18.2 Å². The highest BCUT2D eigenvalue weighted by Gasteiger charge is 2.00. The van der Waals surface area contributed by atoms with E-state index >= 15 is 0 Å². The van der Waals surface area contributed by atoms with Crippen LogP contribution in [0.25, 0.3) is 0 Å². The van der Waals surface area contributed by atoms with Crippen LogP contribution < -0.4 is 0 Å². The zero-order chi connectivity index (χ0) is 13.3. The number of nitrogens with zero attached hydrogens (tertiary/aromatic N) is 2. The Labute approximate surface area is 107 Å². The SMILES string of the molecule is Clc1cccc(Cl)c1.O=C=NS(=O)(=O)N=C=O. The molecule has 0 bridgehead atoms. The zero-order valence-corrected chi connectivity index (χ0v) is 10.3. The zero-order valence-electron chi connectivity index (χ0n) is 8.00. The second-order valence-corrected chi connectivity index (χ2v) is 4.39. The van der Waals surface area contributed by atoms with E-state index < -0.39 is 10.2 Å². The summed E-state index contributed by atoms with van der Waals surface area (Å²) in [4.78, 5) is 18.5. The Morgan fingerprint density at radius 1 is 1.00 bits per heavy atom. The van der Waals surface area contributed by atoms with Gasteiger partial charge in [-0.1, -0.05) is 38.1 Å². The van der Waals surface area contributed by atoms with Crippen LogP contribution >= 0.6 is 23.2 Å². The summed E-state index contributed by atoms with van der Waals surface area (Å²) in [5.74, 6) is 0. The van der Waals surface area contributed by atoms with Crippen LogP contribution in [0.4, 0.5) is 0 Å². The first-order valence-corrected chi connectivity index (χ1v) is 5.91. The van der Waals surface area contributed by atoms with Crippen LogP contribution in [0.5, 0.6) is 0 Å². The summed E-state index contributed by atoms with van der Waals surface area (Å²) in [6.45, 7) is 0. The Balaban J connectivity index is 0.000000302. The maximum atomic E-state index is 9.97. The van der Waals surface area contributed by atoms with Crippen LogP contribution in [0.1, 0.15) is 0 Å². The molecule has 1 aromatic rings. The molecule has 0 fully saturated rings. The molecule has 1 rings (SSSR count). The average Bonchev–Trinajstić information content (AvgIpc) is 2.17. The molecule has 9 heteroatoms. The molecule has 0 saturated heterocycles. The minimum absolute atomic E-state index is 0.678. The molecule has 6 nitrogen and oxygen atoms in total. The molecule has 90 valence electrons. The highest BCUT2D eigenvalue weighted by Crippen LogP contribution is 2.13. The lowest BCUT2D eigenvalue weighted by molar-refractivity contribution is 0.561. The predicted octanol–water partition coefficient (Wildman–Crippen LogP) is 1.90. The highest BCUT2D eigenvalue weighted by atomic mass is 35.5. The minimum Gasteiger partial charge on any atom is -0.210 e. The third kappa shape index (κ3) is 8.33. The molecule has 17 heavy (non-hydrogen) atoms. The van der Waals surface area contributed by atoms with Gasteiger partial charge in [0.05, 0.1) is 0 Å². The second-order valence-electron chi connectivity index (χ2n) is 2.25. The number of isocyanates is 2. The van der Waals surface area contributed by atoms with Crippen LogP contribution in [0.3, 0.4) is 0 Å². The van der Waals surface area contributed by atoms with Crippen LogP contribution in [0.15, 0.2) is 33.1 Å². The summed E-state index contributed by atoms with van der Waals surface area (Å²) in [6.07, 6.45) is 1.41. The van der Waals surface area contributed by atoms with E-state index in [9.17, 15) is 18.0 Å². The standard InChI is InChI=1S/C6H4Cl2.C2N2O4S/c7-5-2-1-3-6(8)4-5;5-1-3-9(7,8)4-2-6/h1-4H;. The largest absolute Gasteiger partial charge is 0.383 e. The van der Waals surface area contributed by atoms with E-state index in [-0.39, 0.29) is 0 Å². The van der Waals surface area contributed by atoms with Crippen molar-refractivity contribution in [3.63, 3.8) is 0 Å². The third-order valence-corrected chi connectivity index (χ3v) is 2.17. The van der Waals surface area contributed by atoms with E-state index in [1.165, 1.54) is 0 Å². The molecule has 0 unspecified atom stereocenters. The quantitative estimate of drug-likeness (QED) is 0.615. The fourth-order valence-corrected chi connectivity index (χ4v) is 1.24. The average molecular weight is 295 g/mol. The first kappa shape index (κ1) is 15.5. The molecule has 0 aliphatic rings. The topological polar surface area (TPSA) is 93.0 Å². The number of hydrogen-bond acceptors (Lipinski definition) is 4. The molecule has 0 heterocycles. The van der Waals surface area contributed by atoms with Crippen molar-refractivity contribution in [2.75, 3.05) is 0 Å². The number of hydrogen-bond donors (Lipinski definition) is 0. The van der Waals surface area contributed by atoms with Crippen molar-refractivity contribution >= 4 is 45.6 Å². The lowest BCUT2D eigenvalue weighted by atomic mass is 10.4. The molecular weight excluding hydrogens is 291 g/mol. The Morgan fingerprint density at radius 3 is 1.65 bits per heavy atom. The van der Waals surface area contributed by atoms with Crippen LogP contribution in [0.2, 0.25) is 10.0 Å². The van der Waals surface area contributed by atoms with E-state index in [4.69, 9.17) is 23.2 Å². The fourth-order valence-electron chi connectivity index (χ4n) is 0.575. The van der Waals surface area contributed by atoms with Gasteiger partial charge >= 0.3 is 10.2 Å². The van der Waals surface area contributed by atoms with Crippen LogP contribution in [0, 0.1) is 0 Å². The molecule has 0 atom stereocenters. The molecule has 0 saturated carbocycles. The van der Waals surface area contributed by atoms with Gasteiger partial charge < -0.3 is 0 Å². The molecule has 0 radical (unpaired) electrons. The van der Waals surface area contributed by atoms with Gasteiger partial charge in [-0.2, -0.15) is 8.42 Å². The number of benzene rings is 1. The summed E-state index contributed by atoms with van der Waals surface area (Å²) >= 11 is 11.1. The Morgan fingerprint density at radius 2 is 1.41 bits per heavy atom. The molecule has 0 aliphatic heterocycles. The molecular formula is C8H4Cl2N2O4S. The van der Waals surface area contributed by atoms with Gasteiger partial charge in [0.1, 0.15) is 0 Å². The summed E-state index contributed by atoms with van der Waals surface area (Å²) in [7, 11) is -4.28. The summed E-state index contributed by atoms with van der Waals surface area (Å²) in [5, 5.41) is 1.36. The Kier molecular flexibility index (Phi) is 7.05. The molecule has 0 amide bonds. The van der Waals surface area contributed by atoms with Crippen molar-refractivity contribution in [2.24, 2.45) is 8.80 Å². The first-order valence-electron chi connectivity index (χ1n) is 3.75. The van der Waals surface area contributed by atoms with Gasteiger partial charge in [0.15, 0.2) is 0 Å². The van der Waals surface area contributed by atoms with Gasteiger partial charge in [-0.05, 0) is 18.2 Å². The van der Waals surface area contributed by atoms with Gasteiger partial charge in [0, 0.05) is 10.0 Å². The fraction of sp³-hybridized carbons (Fsp3) is 0. The van der Waals surface area contributed by atoms with Gasteiger partial charge in [0.2, 0.25) is 0 Å². The third-order valence-electron chi connectivity index (χ3n) is 1.09. The maximum absolute atomic E-state index is 9.97. The van der Waals surface area contributed by atoms with Gasteiger partial charge in [-0.25, -0.2) is 9.59 Å². The van der Waals surface area contributed by atoms with E-state index in [0.29, 0.717) is 22.2 Å².